The minimum absolute atomic E-state index is 0.729. The van der Waals surface area contributed by atoms with Crippen LogP contribution >= 0.6 is 0 Å². The third kappa shape index (κ3) is 3.62. The molecule has 3 aromatic rings. The molecule has 0 radical (unpaired) electrons. The number of hydrogen-bond donors (Lipinski definition) is 0. The first kappa shape index (κ1) is 15.4. The molecule has 0 N–H and O–H groups in total. The summed E-state index contributed by atoms with van der Waals surface area (Å²) in [6.07, 6.45) is 1.82. The summed E-state index contributed by atoms with van der Waals surface area (Å²) in [5.74, 6) is 1.87. The SMILES string of the molecule is Cc1nnc(CN(C)Cc2cnnn2Cc2ccccc2)n1C. The van der Waals surface area contributed by atoms with Crippen LogP contribution < -0.4 is 0 Å². The summed E-state index contributed by atoms with van der Waals surface area (Å²) in [6.45, 7) is 4.17. The van der Waals surface area contributed by atoms with E-state index >= 15 is 0 Å². The Bertz CT molecular complexity index is 760. The Morgan fingerprint density at radius 1 is 1.09 bits per heavy atom. The van der Waals surface area contributed by atoms with Crippen LogP contribution in [0.15, 0.2) is 36.5 Å². The summed E-state index contributed by atoms with van der Waals surface area (Å²) in [5, 5.41) is 16.6. The zero-order chi connectivity index (χ0) is 16.2. The molecule has 0 fully saturated rings. The lowest BCUT2D eigenvalue weighted by atomic mass is 10.2. The van der Waals surface area contributed by atoms with Crippen LogP contribution in [0.2, 0.25) is 0 Å². The van der Waals surface area contributed by atoms with Crippen molar-refractivity contribution in [2.45, 2.75) is 26.6 Å². The van der Waals surface area contributed by atoms with Crippen molar-refractivity contribution in [2.24, 2.45) is 7.05 Å². The van der Waals surface area contributed by atoms with Gasteiger partial charge in [0.25, 0.3) is 0 Å². The summed E-state index contributed by atoms with van der Waals surface area (Å²) in [4.78, 5) is 2.18. The maximum atomic E-state index is 4.21. The maximum Gasteiger partial charge on any atom is 0.146 e. The van der Waals surface area contributed by atoms with Gasteiger partial charge in [-0.05, 0) is 19.5 Å². The normalized spacial score (nSPS) is 11.3. The zero-order valence-corrected chi connectivity index (χ0v) is 13.7. The molecule has 2 heterocycles. The van der Waals surface area contributed by atoms with Gasteiger partial charge in [0.15, 0.2) is 0 Å². The van der Waals surface area contributed by atoms with Crippen molar-refractivity contribution in [1.82, 2.24) is 34.7 Å². The molecular weight excluding hydrogens is 290 g/mol. The third-order valence-electron chi connectivity index (χ3n) is 3.90. The lowest BCUT2D eigenvalue weighted by Crippen LogP contribution is -2.22. The van der Waals surface area contributed by atoms with Crippen molar-refractivity contribution >= 4 is 0 Å². The molecule has 7 nitrogen and oxygen atoms in total. The van der Waals surface area contributed by atoms with Crippen LogP contribution in [0.5, 0.6) is 0 Å². The Balaban J connectivity index is 1.66. The number of hydrogen-bond acceptors (Lipinski definition) is 5. The van der Waals surface area contributed by atoms with Crippen LogP contribution in [0, 0.1) is 6.92 Å². The van der Waals surface area contributed by atoms with E-state index in [0.717, 1.165) is 37.0 Å². The Morgan fingerprint density at radius 2 is 1.87 bits per heavy atom. The fourth-order valence-electron chi connectivity index (χ4n) is 2.45. The standard InChI is InChI=1S/C16H21N7/c1-13-18-19-16(22(13)3)12-21(2)11-15-9-17-20-23(15)10-14-7-5-4-6-8-14/h4-9H,10-12H2,1-3H3. The quantitative estimate of drug-likeness (QED) is 0.688. The summed E-state index contributed by atoms with van der Waals surface area (Å²) in [5.41, 5.74) is 2.29. The van der Waals surface area contributed by atoms with Crippen LogP contribution in [0.1, 0.15) is 22.9 Å². The van der Waals surface area contributed by atoms with Gasteiger partial charge in [-0.25, -0.2) is 4.68 Å². The van der Waals surface area contributed by atoms with Crippen LogP contribution in [0.3, 0.4) is 0 Å². The number of nitrogens with zero attached hydrogens (tertiary/aromatic N) is 7. The molecule has 3 rings (SSSR count). The molecule has 0 amide bonds. The average molecular weight is 311 g/mol. The van der Waals surface area contributed by atoms with E-state index in [9.17, 15) is 0 Å². The molecule has 2 aromatic heterocycles. The number of rotatable bonds is 6. The first-order valence-corrected chi connectivity index (χ1v) is 7.58. The highest BCUT2D eigenvalue weighted by Gasteiger charge is 2.11. The average Bonchev–Trinajstić information content (AvgIpc) is 3.10. The zero-order valence-electron chi connectivity index (χ0n) is 13.7. The van der Waals surface area contributed by atoms with Crippen molar-refractivity contribution in [3.05, 3.63) is 59.4 Å². The first-order valence-electron chi connectivity index (χ1n) is 7.58. The summed E-state index contributed by atoms with van der Waals surface area (Å²) < 4.78 is 3.95. The molecule has 0 unspecified atom stereocenters. The minimum atomic E-state index is 0.729. The topological polar surface area (TPSA) is 64.7 Å². The molecule has 0 saturated heterocycles. The first-order chi connectivity index (χ1) is 11.1. The Morgan fingerprint density at radius 3 is 2.57 bits per heavy atom. The second-order valence-corrected chi connectivity index (χ2v) is 5.76. The summed E-state index contributed by atoms with van der Waals surface area (Å²) in [6, 6.07) is 10.3. The molecule has 0 atom stereocenters. The van der Waals surface area contributed by atoms with Crippen LogP contribution in [0.4, 0.5) is 0 Å². The van der Waals surface area contributed by atoms with Gasteiger partial charge in [-0.1, -0.05) is 35.5 Å². The van der Waals surface area contributed by atoms with Gasteiger partial charge in [0.2, 0.25) is 0 Å². The van der Waals surface area contributed by atoms with E-state index in [1.807, 2.05) is 47.6 Å². The van der Waals surface area contributed by atoms with E-state index in [-0.39, 0.29) is 0 Å². The molecule has 0 aliphatic rings. The van der Waals surface area contributed by atoms with E-state index < -0.39 is 0 Å². The van der Waals surface area contributed by atoms with Gasteiger partial charge in [-0.3, -0.25) is 4.90 Å². The second-order valence-electron chi connectivity index (χ2n) is 5.76. The minimum Gasteiger partial charge on any atom is -0.317 e. The number of benzene rings is 1. The van der Waals surface area contributed by atoms with Crippen LogP contribution in [-0.4, -0.2) is 41.7 Å². The largest absolute Gasteiger partial charge is 0.317 e. The van der Waals surface area contributed by atoms with E-state index in [0.29, 0.717) is 0 Å². The second kappa shape index (κ2) is 6.70. The highest BCUT2D eigenvalue weighted by molar-refractivity contribution is 5.15. The Kier molecular flexibility index (Phi) is 4.47. The van der Waals surface area contributed by atoms with Crippen molar-refractivity contribution in [3.63, 3.8) is 0 Å². The molecule has 1 aromatic carbocycles. The molecule has 7 heteroatoms. The fraction of sp³-hybridized carbons (Fsp3) is 0.375. The van der Waals surface area contributed by atoms with Crippen molar-refractivity contribution in [1.29, 1.82) is 0 Å². The van der Waals surface area contributed by atoms with Crippen LogP contribution in [0.25, 0.3) is 0 Å². The summed E-state index contributed by atoms with van der Waals surface area (Å²) in [7, 11) is 4.05. The van der Waals surface area contributed by atoms with Gasteiger partial charge in [0, 0.05) is 13.6 Å². The smallest absolute Gasteiger partial charge is 0.146 e. The molecule has 0 spiro atoms. The number of aromatic nitrogens is 6. The Hall–Kier alpha value is -2.54. The molecule has 0 saturated carbocycles. The van der Waals surface area contributed by atoms with E-state index in [1.54, 1.807) is 0 Å². The highest BCUT2D eigenvalue weighted by Crippen LogP contribution is 2.08. The van der Waals surface area contributed by atoms with Gasteiger partial charge in [-0.15, -0.1) is 15.3 Å². The van der Waals surface area contributed by atoms with Gasteiger partial charge in [0.05, 0.1) is 25.0 Å². The van der Waals surface area contributed by atoms with E-state index in [4.69, 9.17) is 0 Å². The maximum absolute atomic E-state index is 4.21. The molecular formula is C16H21N7. The van der Waals surface area contributed by atoms with Crippen molar-refractivity contribution in [2.75, 3.05) is 7.05 Å². The summed E-state index contributed by atoms with van der Waals surface area (Å²) >= 11 is 0. The molecule has 0 aliphatic heterocycles. The van der Waals surface area contributed by atoms with Gasteiger partial charge in [0.1, 0.15) is 11.6 Å². The monoisotopic (exact) mass is 311 g/mol. The van der Waals surface area contributed by atoms with Crippen molar-refractivity contribution < 1.29 is 0 Å². The lowest BCUT2D eigenvalue weighted by Gasteiger charge is -2.16. The predicted molar refractivity (Wildman–Crippen MR) is 86.5 cm³/mol. The van der Waals surface area contributed by atoms with E-state index in [2.05, 4.69) is 44.6 Å². The molecule has 23 heavy (non-hydrogen) atoms. The fourth-order valence-corrected chi connectivity index (χ4v) is 2.45. The Labute approximate surface area is 135 Å². The van der Waals surface area contributed by atoms with Gasteiger partial charge < -0.3 is 4.57 Å². The van der Waals surface area contributed by atoms with Crippen molar-refractivity contribution in [3.8, 4) is 0 Å². The van der Waals surface area contributed by atoms with E-state index in [1.165, 1.54) is 5.56 Å². The molecule has 0 bridgehead atoms. The highest BCUT2D eigenvalue weighted by atomic mass is 15.4. The molecule has 0 aliphatic carbocycles. The third-order valence-corrected chi connectivity index (χ3v) is 3.90. The van der Waals surface area contributed by atoms with Crippen LogP contribution in [-0.2, 0) is 26.7 Å². The molecule has 120 valence electrons. The van der Waals surface area contributed by atoms with Gasteiger partial charge in [-0.2, -0.15) is 0 Å². The predicted octanol–water partition coefficient (Wildman–Crippen LogP) is 1.40. The van der Waals surface area contributed by atoms with Gasteiger partial charge >= 0.3 is 0 Å². The lowest BCUT2D eigenvalue weighted by molar-refractivity contribution is 0.296. The number of aryl methyl sites for hydroxylation is 1.